The van der Waals surface area contributed by atoms with Gasteiger partial charge in [0.2, 0.25) is 0 Å². The molecule has 4 rings (SSSR count). The van der Waals surface area contributed by atoms with Crippen LogP contribution in [0.25, 0.3) is 11.3 Å². The quantitative estimate of drug-likeness (QED) is 0.778. The summed E-state index contributed by atoms with van der Waals surface area (Å²) in [4.78, 5) is 21.3. The Balaban J connectivity index is 1.44. The third-order valence-electron chi connectivity index (χ3n) is 4.39. The summed E-state index contributed by atoms with van der Waals surface area (Å²) < 4.78 is 7.55. The molecule has 3 aromatic rings. The third-order valence-corrected chi connectivity index (χ3v) is 4.39. The van der Waals surface area contributed by atoms with Crippen molar-refractivity contribution in [1.82, 2.24) is 25.1 Å². The maximum Gasteiger partial charge on any atom is 0.261 e. The highest BCUT2D eigenvalue weighted by molar-refractivity contribution is 5.81. The summed E-state index contributed by atoms with van der Waals surface area (Å²) in [5.41, 5.74) is 3.43. The minimum absolute atomic E-state index is 0.137. The van der Waals surface area contributed by atoms with Gasteiger partial charge in [0.1, 0.15) is 5.75 Å². The van der Waals surface area contributed by atoms with E-state index in [1.807, 2.05) is 37.5 Å². The zero-order valence-electron chi connectivity index (χ0n) is 14.4. The van der Waals surface area contributed by atoms with Crippen LogP contribution in [0.3, 0.4) is 0 Å². The van der Waals surface area contributed by atoms with Crippen molar-refractivity contribution < 1.29 is 9.53 Å². The predicted molar refractivity (Wildman–Crippen MR) is 95.3 cm³/mol. The number of aromatic nitrogens is 4. The van der Waals surface area contributed by atoms with Crippen molar-refractivity contribution in [2.75, 3.05) is 0 Å². The van der Waals surface area contributed by atoms with E-state index in [0.717, 1.165) is 29.0 Å². The molecule has 3 heterocycles. The second-order valence-electron chi connectivity index (χ2n) is 6.23. The Morgan fingerprint density at radius 2 is 2.15 bits per heavy atom. The number of para-hydroxylation sites is 1. The molecule has 1 aliphatic heterocycles. The molecule has 7 nitrogen and oxygen atoms in total. The van der Waals surface area contributed by atoms with Crippen molar-refractivity contribution in [3.8, 4) is 17.0 Å². The highest BCUT2D eigenvalue weighted by atomic mass is 16.5. The van der Waals surface area contributed by atoms with Crippen molar-refractivity contribution in [1.29, 1.82) is 0 Å². The molecule has 0 fully saturated rings. The average Bonchev–Trinajstić information content (AvgIpc) is 3.12. The number of fused-ring (bicyclic) bond motifs is 1. The van der Waals surface area contributed by atoms with Gasteiger partial charge in [-0.2, -0.15) is 5.10 Å². The normalized spacial score (nSPS) is 15.8. The van der Waals surface area contributed by atoms with Gasteiger partial charge in [0.15, 0.2) is 6.10 Å². The van der Waals surface area contributed by atoms with Gasteiger partial charge in [-0.1, -0.05) is 18.2 Å². The number of rotatable bonds is 4. The molecule has 0 bridgehead atoms. The van der Waals surface area contributed by atoms with Crippen molar-refractivity contribution in [3.63, 3.8) is 0 Å². The number of hydrogen-bond acceptors (Lipinski definition) is 5. The molecule has 0 saturated carbocycles. The fourth-order valence-electron chi connectivity index (χ4n) is 3.07. The zero-order chi connectivity index (χ0) is 17.9. The summed E-state index contributed by atoms with van der Waals surface area (Å²) in [7, 11) is 1.85. The number of nitrogens with zero attached hydrogens (tertiary/aromatic N) is 4. The van der Waals surface area contributed by atoms with Crippen LogP contribution >= 0.6 is 0 Å². The Morgan fingerprint density at radius 3 is 3.00 bits per heavy atom. The maximum absolute atomic E-state index is 12.5. The van der Waals surface area contributed by atoms with Crippen LogP contribution in [-0.4, -0.2) is 31.8 Å². The molecule has 1 amide bonds. The highest BCUT2D eigenvalue weighted by Gasteiger charge is 2.26. The van der Waals surface area contributed by atoms with Gasteiger partial charge in [-0.25, -0.2) is 0 Å². The van der Waals surface area contributed by atoms with E-state index in [2.05, 4.69) is 20.4 Å². The van der Waals surface area contributed by atoms with Crippen LogP contribution in [0.4, 0.5) is 0 Å². The van der Waals surface area contributed by atoms with Crippen LogP contribution in [-0.2, 0) is 24.8 Å². The number of carbonyl (C=O) groups is 1. The Kier molecular flexibility index (Phi) is 4.35. The molecule has 0 radical (unpaired) electrons. The van der Waals surface area contributed by atoms with Gasteiger partial charge in [-0.15, -0.1) is 0 Å². The minimum atomic E-state index is -0.483. The van der Waals surface area contributed by atoms with E-state index in [1.54, 1.807) is 23.3 Å². The zero-order valence-corrected chi connectivity index (χ0v) is 14.4. The average molecular weight is 349 g/mol. The predicted octanol–water partition coefficient (Wildman–Crippen LogP) is 1.89. The topological polar surface area (TPSA) is 81.9 Å². The van der Waals surface area contributed by atoms with Gasteiger partial charge >= 0.3 is 0 Å². The Morgan fingerprint density at radius 1 is 1.31 bits per heavy atom. The number of benzene rings is 1. The summed E-state index contributed by atoms with van der Waals surface area (Å²) in [5.74, 6) is 0.650. The first-order chi connectivity index (χ1) is 12.7. The van der Waals surface area contributed by atoms with Gasteiger partial charge in [0.05, 0.1) is 24.1 Å². The Bertz CT molecular complexity index is 937. The molecule has 1 aliphatic rings. The third kappa shape index (κ3) is 3.28. The van der Waals surface area contributed by atoms with Gasteiger partial charge in [0.25, 0.3) is 5.91 Å². The standard InChI is InChI=1S/C19H19N5O2/c1-24-12-14(10-23-24)18-15(20-8-9-21-18)11-22-19(25)17-7-6-13-4-2-3-5-16(13)26-17/h2-5,8-10,12,17H,6-7,11H2,1H3,(H,22,25)/t17-/m0/s1. The lowest BCUT2D eigenvalue weighted by molar-refractivity contribution is -0.128. The van der Waals surface area contributed by atoms with E-state index in [-0.39, 0.29) is 5.91 Å². The summed E-state index contributed by atoms with van der Waals surface area (Å²) in [6, 6.07) is 7.83. The van der Waals surface area contributed by atoms with Crippen molar-refractivity contribution in [3.05, 3.63) is 60.3 Å². The largest absolute Gasteiger partial charge is 0.480 e. The molecular formula is C19H19N5O2. The molecule has 132 valence electrons. The molecule has 0 saturated heterocycles. The fraction of sp³-hybridized carbons (Fsp3) is 0.263. The summed E-state index contributed by atoms with van der Waals surface area (Å²) >= 11 is 0. The van der Waals surface area contributed by atoms with Crippen molar-refractivity contribution >= 4 is 5.91 Å². The Labute approximate surface area is 151 Å². The molecular weight excluding hydrogens is 330 g/mol. The molecule has 26 heavy (non-hydrogen) atoms. The second kappa shape index (κ2) is 6.95. The van der Waals surface area contributed by atoms with Gasteiger partial charge in [0, 0.05) is 31.2 Å². The smallest absolute Gasteiger partial charge is 0.261 e. The van der Waals surface area contributed by atoms with Gasteiger partial charge in [-0.3, -0.25) is 19.4 Å². The minimum Gasteiger partial charge on any atom is -0.480 e. The monoisotopic (exact) mass is 349 g/mol. The van der Waals surface area contributed by atoms with E-state index in [4.69, 9.17) is 4.74 Å². The molecule has 1 atom stereocenters. The van der Waals surface area contributed by atoms with E-state index in [9.17, 15) is 4.79 Å². The molecule has 2 aromatic heterocycles. The summed E-state index contributed by atoms with van der Waals surface area (Å²) in [5, 5.41) is 7.09. The second-order valence-corrected chi connectivity index (χ2v) is 6.23. The van der Waals surface area contributed by atoms with Crippen LogP contribution in [0, 0.1) is 0 Å². The van der Waals surface area contributed by atoms with Crippen molar-refractivity contribution in [2.45, 2.75) is 25.5 Å². The van der Waals surface area contributed by atoms with E-state index in [1.165, 1.54) is 0 Å². The number of ether oxygens (including phenoxy) is 1. The number of nitrogens with one attached hydrogen (secondary N) is 1. The first-order valence-corrected chi connectivity index (χ1v) is 8.52. The molecule has 0 spiro atoms. The molecule has 0 aliphatic carbocycles. The number of hydrogen-bond donors (Lipinski definition) is 1. The van der Waals surface area contributed by atoms with Gasteiger partial charge < -0.3 is 10.1 Å². The summed E-state index contributed by atoms with van der Waals surface area (Å²) in [6.45, 7) is 0.290. The first kappa shape index (κ1) is 16.3. The molecule has 1 N–H and O–H groups in total. The highest BCUT2D eigenvalue weighted by Crippen LogP contribution is 2.27. The van der Waals surface area contributed by atoms with Crippen LogP contribution in [0.2, 0.25) is 0 Å². The lowest BCUT2D eigenvalue weighted by atomic mass is 10.0. The number of aryl methyl sites for hydroxylation is 2. The maximum atomic E-state index is 12.5. The molecule has 7 heteroatoms. The molecule has 0 unspecified atom stereocenters. The van der Waals surface area contributed by atoms with Crippen LogP contribution in [0.5, 0.6) is 5.75 Å². The van der Waals surface area contributed by atoms with Gasteiger partial charge in [-0.05, 0) is 24.5 Å². The lowest BCUT2D eigenvalue weighted by Gasteiger charge is -2.25. The van der Waals surface area contributed by atoms with E-state index < -0.39 is 6.10 Å². The first-order valence-electron chi connectivity index (χ1n) is 8.52. The summed E-state index contributed by atoms with van der Waals surface area (Å²) in [6.07, 6.45) is 7.87. The van der Waals surface area contributed by atoms with Crippen LogP contribution in [0.15, 0.2) is 49.1 Å². The SMILES string of the molecule is Cn1cc(-c2nccnc2CNC(=O)[C@@H]2CCc3ccccc3O2)cn1. The number of amides is 1. The molecule has 1 aromatic carbocycles. The van der Waals surface area contributed by atoms with Crippen molar-refractivity contribution in [2.24, 2.45) is 7.05 Å². The van der Waals surface area contributed by atoms with Crippen LogP contribution < -0.4 is 10.1 Å². The number of carbonyl (C=O) groups excluding carboxylic acids is 1. The Hall–Kier alpha value is -3.22. The fourth-order valence-corrected chi connectivity index (χ4v) is 3.07. The lowest BCUT2D eigenvalue weighted by Crippen LogP contribution is -2.40. The van der Waals surface area contributed by atoms with E-state index in [0.29, 0.717) is 18.7 Å². The van der Waals surface area contributed by atoms with E-state index >= 15 is 0 Å². The van der Waals surface area contributed by atoms with Crippen LogP contribution in [0.1, 0.15) is 17.7 Å².